The Balaban J connectivity index is 1.87. The Morgan fingerprint density at radius 2 is 1.89 bits per heavy atom. The third-order valence-corrected chi connectivity index (χ3v) is 5.79. The van der Waals surface area contributed by atoms with Crippen molar-refractivity contribution in [1.82, 2.24) is 0 Å². The van der Waals surface area contributed by atoms with Crippen molar-refractivity contribution in [2.45, 2.75) is 62.0 Å². The Labute approximate surface area is 160 Å². The predicted molar refractivity (Wildman–Crippen MR) is 88.1 cm³/mol. The summed E-state index contributed by atoms with van der Waals surface area (Å²) in [5.41, 5.74) is -2.27. The molecule has 0 aromatic carbocycles. The number of hydrogen-bond donors (Lipinski definition) is 6. The van der Waals surface area contributed by atoms with Gasteiger partial charge in [-0.15, -0.1) is 0 Å². The molecule has 1 saturated carbocycles. The molecule has 0 aromatic heterocycles. The number of carbonyl (C=O) groups is 1. The van der Waals surface area contributed by atoms with Gasteiger partial charge in [-0.1, -0.05) is 6.92 Å². The maximum atomic E-state index is 12.0. The van der Waals surface area contributed by atoms with Gasteiger partial charge in [-0.3, -0.25) is 0 Å². The molecule has 2 fully saturated rings. The van der Waals surface area contributed by atoms with Gasteiger partial charge in [0.1, 0.15) is 35.6 Å². The van der Waals surface area contributed by atoms with Crippen LogP contribution in [0.25, 0.3) is 0 Å². The van der Waals surface area contributed by atoms with Crippen molar-refractivity contribution in [3.63, 3.8) is 0 Å². The van der Waals surface area contributed by atoms with Crippen molar-refractivity contribution in [3.8, 4) is 0 Å². The van der Waals surface area contributed by atoms with Gasteiger partial charge in [-0.25, -0.2) is 4.79 Å². The van der Waals surface area contributed by atoms with Crippen molar-refractivity contribution in [2.24, 2.45) is 11.8 Å². The lowest BCUT2D eigenvalue weighted by molar-refractivity contribution is -0.347. The van der Waals surface area contributed by atoms with E-state index >= 15 is 0 Å². The molecule has 2 heterocycles. The maximum absolute atomic E-state index is 12.0. The van der Waals surface area contributed by atoms with E-state index in [1.165, 1.54) is 0 Å². The molecule has 160 valence electrons. The van der Waals surface area contributed by atoms with Crippen LogP contribution in [0.5, 0.6) is 0 Å². The zero-order chi connectivity index (χ0) is 20.8. The van der Waals surface area contributed by atoms with Crippen LogP contribution in [-0.2, 0) is 23.7 Å². The molecule has 11 heteroatoms. The van der Waals surface area contributed by atoms with Crippen molar-refractivity contribution in [3.05, 3.63) is 11.8 Å². The van der Waals surface area contributed by atoms with Crippen LogP contribution in [0.15, 0.2) is 11.8 Å². The van der Waals surface area contributed by atoms with Gasteiger partial charge in [0.05, 0.1) is 32.0 Å². The summed E-state index contributed by atoms with van der Waals surface area (Å²) in [5, 5.41) is 60.8. The molecule has 11 nitrogen and oxygen atoms in total. The van der Waals surface area contributed by atoms with Gasteiger partial charge in [0, 0.05) is 0 Å². The van der Waals surface area contributed by atoms with Gasteiger partial charge in [0.25, 0.3) is 0 Å². The number of methoxy groups -OCH3 is 1. The number of rotatable bonds is 4. The van der Waals surface area contributed by atoms with E-state index in [0.29, 0.717) is 0 Å². The predicted octanol–water partition coefficient (Wildman–Crippen LogP) is -3.04. The summed E-state index contributed by atoms with van der Waals surface area (Å²) in [6.45, 7) is 1.09. The molecule has 0 amide bonds. The van der Waals surface area contributed by atoms with Crippen molar-refractivity contribution >= 4 is 5.97 Å². The molecule has 28 heavy (non-hydrogen) atoms. The molecule has 6 N–H and O–H groups in total. The zero-order valence-electron chi connectivity index (χ0n) is 15.4. The smallest absolute Gasteiger partial charge is 0.339 e. The van der Waals surface area contributed by atoms with Gasteiger partial charge < -0.3 is 49.6 Å². The molecule has 0 spiro atoms. The number of aliphatic hydroxyl groups is 6. The second-order valence-electron chi connectivity index (χ2n) is 7.44. The third-order valence-electron chi connectivity index (χ3n) is 5.79. The molecule has 10 atom stereocenters. The van der Waals surface area contributed by atoms with E-state index in [1.54, 1.807) is 6.92 Å². The summed E-state index contributed by atoms with van der Waals surface area (Å²) in [7, 11) is 1.13. The van der Waals surface area contributed by atoms with Crippen LogP contribution in [0.3, 0.4) is 0 Å². The monoisotopic (exact) mass is 406 g/mol. The SMILES string of the molecule is COC(=O)C1=CO[C@@H](O[C@@H]2O[C@H](CO)[C@@H](O)[C@H](O)[C@H]2O)[C@@H]2[C@H](C)C[C@@H](O)[C@]12O. The van der Waals surface area contributed by atoms with Gasteiger partial charge in [0.15, 0.2) is 6.29 Å². The van der Waals surface area contributed by atoms with Gasteiger partial charge in [0.2, 0.25) is 6.29 Å². The zero-order valence-corrected chi connectivity index (χ0v) is 15.4. The minimum atomic E-state index is -2.01. The van der Waals surface area contributed by atoms with Gasteiger partial charge >= 0.3 is 5.97 Å². The summed E-state index contributed by atoms with van der Waals surface area (Å²) in [5.74, 6) is -2.15. The van der Waals surface area contributed by atoms with Gasteiger partial charge in [-0.05, 0) is 12.3 Å². The maximum Gasteiger partial charge on any atom is 0.339 e. The van der Waals surface area contributed by atoms with E-state index in [2.05, 4.69) is 4.74 Å². The quantitative estimate of drug-likeness (QED) is 0.262. The van der Waals surface area contributed by atoms with E-state index in [4.69, 9.17) is 14.2 Å². The normalized spacial score (nSPS) is 48.4. The minimum Gasteiger partial charge on any atom is -0.471 e. The first-order valence-corrected chi connectivity index (χ1v) is 8.97. The van der Waals surface area contributed by atoms with Crippen molar-refractivity contribution < 1.29 is 54.4 Å². The molecule has 0 bridgehead atoms. The fourth-order valence-corrected chi connectivity index (χ4v) is 4.23. The molecule has 3 rings (SSSR count). The summed E-state index contributed by atoms with van der Waals surface area (Å²) >= 11 is 0. The molecular formula is C17H26O11. The number of ether oxygens (including phenoxy) is 4. The average molecular weight is 406 g/mol. The third kappa shape index (κ3) is 3.21. The van der Waals surface area contributed by atoms with Crippen LogP contribution in [-0.4, -0.2) is 99.0 Å². The van der Waals surface area contributed by atoms with Crippen LogP contribution in [0.2, 0.25) is 0 Å². The second-order valence-corrected chi connectivity index (χ2v) is 7.44. The topological polar surface area (TPSA) is 175 Å². The Morgan fingerprint density at radius 3 is 2.50 bits per heavy atom. The highest BCUT2D eigenvalue weighted by Crippen LogP contribution is 2.50. The number of fused-ring (bicyclic) bond motifs is 1. The fraction of sp³-hybridized carbons (Fsp3) is 0.824. The summed E-state index contributed by atoms with van der Waals surface area (Å²) < 4.78 is 21.0. The summed E-state index contributed by atoms with van der Waals surface area (Å²) in [4.78, 5) is 12.0. The number of aliphatic hydroxyl groups excluding tert-OH is 5. The van der Waals surface area contributed by atoms with Crippen molar-refractivity contribution in [2.75, 3.05) is 13.7 Å². The highest BCUT2D eigenvalue weighted by atomic mass is 16.8. The molecule has 0 radical (unpaired) electrons. The van der Waals surface area contributed by atoms with E-state index in [9.17, 15) is 35.4 Å². The number of hydrogen-bond acceptors (Lipinski definition) is 11. The molecular weight excluding hydrogens is 380 g/mol. The molecule has 1 saturated heterocycles. The van der Waals surface area contributed by atoms with Crippen LogP contribution >= 0.6 is 0 Å². The lowest BCUT2D eigenvalue weighted by Gasteiger charge is -2.45. The molecule has 0 unspecified atom stereocenters. The number of esters is 1. The van der Waals surface area contributed by atoms with E-state index in [-0.39, 0.29) is 17.9 Å². The molecule has 3 aliphatic rings. The van der Waals surface area contributed by atoms with Crippen LogP contribution < -0.4 is 0 Å². The standard InChI is InChI=1S/C17H26O11/c1-6-3-9(19)17(24)7(14(23)25-2)5-26-15(10(6)17)28-16-13(22)12(21)11(20)8(4-18)27-16/h5-6,8-13,15-16,18-22,24H,3-4H2,1-2H3/t6-,8-,9-,10+,11-,12+,13-,15+,16+,17-/m1/s1. The first-order valence-electron chi connectivity index (χ1n) is 8.97. The van der Waals surface area contributed by atoms with Crippen LogP contribution in [0.1, 0.15) is 13.3 Å². The molecule has 1 aliphatic carbocycles. The number of carbonyl (C=O) groups excluding carboxylic acids is 1. The van der Waals surface area contributed by atoms with E-state index < -0.39 is 67.2 Å². The Morgan fingerprint density at radius 1 is 1.21 bits per heavy atom. The highest BCUT2D eigenvalue weighted by Gasteiger charge is 2.63. The van der Waals surface area contributed by atoms with Crippen LogP contribution in [0.4, 0.5) is 0 Å². The first kappa shape index (κ1) is 21.4. The van der Waals surface area contributed by atoms with E-state index in [0.717, 1.165) is 13.4 Å². The highest BCUT2D eigenvalue weighted by molar-refractivity contribution is 5.91. The largest absolute Gasteiger partial charge is 0.471 e. The average Bonchev–Trinajstić information content (AvgIpc) is 2.91. The first-order chi connectivity index (χ1) is 13.2. The summed E-state index contributed by atoms with van der Waals surface area (Å²) in [6, 6.07) is 0. The second kappa shape index (κ2) is 7.84. The van der Waals surface area contributed by atoms with E-state index in [1.807, 2.05) is 0 Å². The minimum absolute atomic E-state index is 0.146. The Hall–Kier alpha value is -1.31. The fourth-order valence-electron chi connectivity index (χ4n) is 4.23. The Kier molecular flexibility index (Phi) is 5.99. The van der Waals surface area contributed by atoms with Gasteiger partial charge in [-0.2, -0.15) is 0 Å². The molecule has 2 aliphatic heterocycles. The summed E-state index contributed by atoms with van der Waals surface area (Å²) in [6.07, 6.45) is -9.02. The van der Waals surface area contributed by atoms with Crippen molar-refractivity contribution in [1.29, 1.82) is 0 Å². The lowest BCUT2D eigenvalue weighted by atomic mass is 9.78. The Bertz CT molecular complexity index is 622. The molecule has 0 aromatic rings. The lowest BCUT2D eigenvalue weighted by Crippen LogP contribution is -2.61. The van der Waals surface area contributed by atoms with Crippen LogP contribution in [0, 0.1) is 11.8 Å².